The minimum atomic E-state index is -0.521. The van der Waals surface area contributed by atoms with Crippen molar-refractivity contribution in [2.75, 3.05) is 11.9 Å². The first-order valence-corrected chi connectivity index (χ1v) is 9.14. The fraction of sp³-hybridized carbons (Fsp3) is 0.167. The van der Waals surface area contributed by atoms with Gasteiger partial charge in [-0.05, 0) is 55.2 Å². The Kier molecular flexibility index (Phi) is 5.90. The average Bonchev–Trinajstić information content (AvgIpc) is 2.69. The Morgan fingerprint density at radius 1 is 0.857 bits per heavy atom. The number of ether oxygens (including phenoxy) is 1. The molecule has 3 rings (SSSR count). The number of carbonyl (C=O) groups is 2. The van der Waals surface area contributed by atoms with Crippen LogP contribution < -0.4 is 5.32 Å². The lowest BCUT2D eigenvalue weighted by molar-refractivity contribution is -0.119. The molecule has 0 aliphatic carbocycles. The monoisotopic (exact) mass is 373 g/mol. The molecule has 0 bridgehead atoms. The number of hydrogen-bond acceptors (Lipinski definition) is 3. The largest absolute Gasteiger partial charge is 0.452 e. The number of anilines is 1. The SMILES string of the molecule is Cc1ccc(-c2ccccc2C(=O)OCC(=O)Nc2cc(C)ccc2C)cc1. The second-order valence-corrected chi connectivity index (χ2v) is 6.85. The van der Waals surface area contributed by atoms with Crippen LogP contribution >= 0.6 is 0 Å². The lowest BCUT2D eigenvalue weighted by Crippen LogP contribution is -2.21. The highest BCUT2D eigenvalue weighted by Gasteiger charge is 2.15. The Hall–Kier alpha value is -3.40. The summed E-state index contributed by atoms with van der Waals surface area (Å²) in [6.45, 7) is 5.54. The summed E-state index contributed by atoms with van der Waals surface area (Å²) in [7, 11) is 0. The fourth-order valence-electron chi connectivity index (χ4n) is 2.91. The number of amides is 1. The topological polar surface area (TPSA) is 55.4 Å². The molecule has 0 aliphatic rings. The summed E-state index contributed by atoms with van der Waals surface area (Å²) < 4.78 is 5.27. The van der Waals surface area contributed by atoms with Gasteiger partial charge in [-0.3, -0.25) is 4.79 Å². The number of carbonyl (C=O) groups excluding carboxylic acids is 2. The van der Waals surface area contributed by atoms with E-state index in [1.165, 1.54) is 0 Å². The number of esters is 1. The maximum atomic E-state index is 12.6. The smallest absolute Gasteiger partial charge is 0.339 e. The van der Waals surface area contributed by atoms with E-state index in [9.17, 15) is 9.59 Å². The molecule has 0 aliphatic heterocycles. The standard InChI is InChI=1S/C24H23NO3/c1-16-9-12-19(13-10-16)20-6-4-5-7-21(20)24(27)28-15-23(26)25-22-14-17(2)8-11-18(22)3/h4-14H,15H2,1-3H3,(H,25,26). The van der Waals surface area contributed by atoms with Crippen molar-refractivity contribution in [3.8, 4) is 11.1 Å². The molecule has 3 aromatic rings. The molecule has 0 heterocycles. The summed E-state index contributed by atoms with van der Waals surface area (Å²) in [6, 6.07) is 21.0. The zero-order valence-electron chi connectivity index (χ0n) is 16.3. The van der Waals surface area contributed by atoms with Gasteiger partial charge >= 0.3 is 5.97 Å². The predicted molar refractivity (Wildman–Crippen MR) is 111 cm³/mol. The normalized spacial score (nSPS) is 10.4. The Morgan fingerprint density at radius 2 is 1.54 bits per heavy atom. The number of nitrogens with one attached hydrogen (secondary N) is 1. The Bertz CT molecular complexity index is 1010. The van der Waals surface area contributed by atoms with E-state index in [0.29, 0.717) is 5.56 Å². The van der Waals surface area contributed by atoms with E-state index < -0.39 is 5.97 Å². The third-order valence-corrected chi connectivity index (χ3v) is 4.51. The summed E-state index contributed by atoms with van der Waals surface area (Å²) in [5.74, 6) is -0.887. The van der Waals surface area contributed by atoms with Crippen LogP contribution in [0.15, 0.2) is 66.7 Å². The van der Waals surface area contributed by atoms with Crippen LogP contribution in [-0.2, 0) is 9.53 Å². The first-order chi connectivity index (χ1) is 13.4. The van der Waals surface area contributed by atoms with Crippen LogP contribution in [0.5, 0.6) is 0 Å². The molecule has 4 nitrogen and oxygen atoms in total. The van der Waals surface area contributed by atoms with E-state index in [4.69, 9.17) is 4.74 Å². The van der Waals surface area contributed by atoms with Gasteiger partial charge in [-0.15, -0.1) is 0 Å². The molecule has 0 atom stereocenters. The van der Waals surface area contributed by atoms with Crippen molar-refractivity contribution in [1.29, 1.82) is 0 Å². The third-order valence-electron chi connectivity index (χ3n) is 4.51. The molecule has 3 aromatic carbocycles. The van der Waals surface area contributed by atoms with Gasteiger partial charge < -0.3 is 10.1 Å². The van der Waals surface area contributed by atoms with Crippen LogP contribution in [0, 0.1) is 20.8 Å². The fourth-order valence-corrected chi connectivity index (χ4v) is 2.91. The first-order valence-electron chi connectivity index (χ1n) is 9.14. The zero-order chi connectivity index (χ0) is 20.1. The second kappa shape index (κ2) is 8.53. The van der Waals surface area contributed by atoms with Crippen LogP contribution in [0.3, 0.4) is 0 Å². The molecule has 0 saturated heterocycles. The Balaban J connectivity index is 1.69. The van der Waals surface area contributed by atoms with E-state index in [-0.39, 0.29) is 12.5 Å². The number of hydrogen-bond donors (Lipinski definition) is 1. The van der Waals surface area contributed by atoms with E-state index >= 15 is 0 Å². The van der Waals surface area contributed by atoms with Crippen LogP contribution in [0.1, 0.15) is 27.0 Å². The maximum Gasteiger partial charge on any atom is 0.339 e. The van der Waals surface area contributed by atoms with Gasteiger partial charge in [-0.1, -0.05) is 60.2 Å². The van der Waals surface area contributed by atoms with E-state index in [1.54, 1.807) is 12.1 Å². The molecule has 0 saturated carbocycles. The molecule has 4 heteroatoms. The Labute approximate surface area is 165 Å². The van der Waals surface area contributed by atoms with Gasteiger partial charge in [0.2, 0.25) is 0 Å². The first kappa shape index (κ1) is 19.4. The molecule has 1 amide bonds. The molecule has 0 spiro atoms. The maximum absolute atomic E-state index is 12.6. The van der Waals surface area contributed by atoms with E-state index in [0.717, 1.165) is 33.5 Å². The lowest BCUT2D eigenvalue weighted by atomic mass is 9.99. The highest BCUT2D eigenvalue weighted by atomic mass is 16.5. The highest BCUT2D eigenvalue weighted by Crippen LogP contribution is 2.24. The van der Waals surface area contributed by atoms with Crippen molar-refractivity contribution in [2.45, 2.75) is 20.8 Å². The molecule has 142 valence electrons. The Morgan fingerprint density at radius 3 is 2.29 bits per heavy atom. The van der Waals surface area contributed by atoms with Gasteiger partial charge in [0, 0.05) is 5.69 Å². The van der Waals surface area contributed by atoms with Gasteiger partial charge in [0.05, 0.1) is 5.56 Å². The van der Waals surface area contributed by atoms with Crippen molar-refractivity contribution in [1.82, 2.24) is 0 Å². The summed E-state index contributed by atoms with van der Waals surface area (Å²) >= 11 is 0. The average molecular weight is 373 g/mol. The van der Waals surface area contributed by atoms with Crippen molar-refractivity contribution >= 4 is 17.6 Å². The van der Waals surface area contributed by atoms with Gasteiger partial charge in [0.1, 0.15) is 0 Å². The summed E-state index contributed by atoms with van der Waals surface area (Å²) in [6.07, 6.45) is 0. The molecule has 0 radical (unpaired) electrons. The molecular weight excluding hydrogens is 350 g/mol. The van der Waals surface area contributed by atoms with Crippen molar-refractivity contribution in [2.24, 2.45) is 0 Å². The van der Waals surface area contributed by atoms with Gasteiger partial charge in [-0.2, -0.15) is 0 Å². The predicted octanol–water partition coefficient (Wildman–Crippen LogP) is 5.07. The molecule has 0 aromatic heterocycles. The van der Waals surface area contributed by atoms with Crippen LogP contribution in [0.25, 0.3) is 11.1 Å². The van der Waals surface area contributed by atoms with Gasteiger partial charge in [-0.25, -0.2) is 4.79 Å². The minimum Gasteiger partial charge on any atom is -0.452 e. The molecular formula is C24H23NO3. The van der Waals surface area contributed by atoms with Gasteiger partial charge in [0.25, 0.3) is 5.91 Å². The summed E-state index contributed by atoms with van der Waals surface area (Å²) in [5.41, 5.74) is 6.01. The second-order valence-electron chi connectivity index (χ2n) is 6.85. The van der Waals surface area contributed by atoms with Crippen molar-refractivity contribution in [3.05, 3.63) is 89.0 Å². The van der Waals surface area contributed by atoms with Gasteiger partial charge in [0.15, 0.2) is 6.61 Å². The third kappa shape index (κ3) is 4.65. The minimum absolute atomic E-state index is 0.339. The summed E-state index contributed by atoms with van der Waals surface area (Å²) in [4.78, 5) is 24.8. The van der Waals surface area contributed by atoms with Crippen LogP contribution in [-0.4, -0.2) is 18.5 Å². The number of benzene rings is 3. The van der Waals surface area contributed by atoms with Crippen LogP contribution in [0.2, 0.25) is 0 Å². The molecule has 1 N–H and O–H groups in total. The zero-order valence-corrected chi connectivity index (χ0v) is 16.3. The molecule has 0 unspecified atom stereocenters. The van der Waals surface area contributed by atoms with E-state index in [2.05, 4.69) is 5.32 Å². The lowest BCUT2D eigenvalue weighted by Gasteiger charge is -2.12. The van der Waals surface area contributed by atoms with Crippen molar-refractivity contribution in [3.63, 3.8) is 0 Å². The quantitative estimate of drug-likeness (QED) is 0.635. The molecule has 0 fully saturated rings. The van der Waals surface area contributed by atoms with Crippen molar-refractivity contribution < 1.29 is 14.3 Å². The van der Waals surface area contributed by atoms with E-state index in [1.807, 2.05) is 75.4 Å². The molecule has 28 heavy (non-hydrogen) atoms. The van der Waals surface area contributed by atoms with Crippen LogP contribution in [0.4, 0.5) is 5.69 Å². The number of aryl methyl sites for hydroxylation is 3. The number of rotatable bonds is 5. The highest BCUT2D eigenvalue weighted by molar-refractivity contribution is 5.99. The summed E-state index contributed by atoms with van der Waals surface area (Å²) in [5, 5.41) is 2.79.